The van der Waals surface area contributed by atoms with E-state index < -0.39 is 30.1 Å². The van der Waals surface area contributed by atoms with Crippen molar-refractivity contribution in [1.82, 2.24) is 5.32 Å². The third kappa shape index (κ3) is 5.09. The van der Waals surface area contributed by atoms with Crippen molar-refractivity contribution in [2.24, 2.45) is 0 Å². The van der Waals surface area contributed by atoms with Gasteiger partial charge < -0.3 is 20.6 Å². The van der Waals surface area contributed by atoms with Crippen molar-refractivity contribution in [3.63, 3.8) is 0 Å². The molecule has 1 rings (SSSR count). The van der Waals surface area contributed by atoms with Gasteiger partial charge >= 0.3 is 6.18 Å². The Kier molecular flexibility index (Phi) is 5.52. The number of aliphatic hydroxyl groups is 3. The molecule has 114 valence electrons. The van der Waals surface area contributed by atoms with E-state index in [1.165, 1.54) is 19.1 Å². The van der Waals surface area contributed by atoms with Crippen molar-refractivity contribution in [1.29, 1.82) is 0 Å². The molecule has 1 aromatic carbocycles. The van der Waals surface area contributed by atoms with Gasteiger partial charge in [-0.3, -0.25) is 0 Å². The summed E-state index contributed by atoms with van der Waals surface area (Å²) in [4.78, 5) is 0. The fraction of sp³-hybridized carbons (Fsp3) is 0.538. The summed E-state index contributed by atoms with van der Waals surface area (Å²) >= 11 is 0. The van der Waals surface area contributed by atoms with Crippen LogP contribution in [0.2, 0.25) is 0 Å². The Morgan fingerprint density at radius 3 is 2.20 bits per heavy atom. The van der Waals surface area contributed by atoms with Gasteiger partial charge in [0.1, 0.15) is 0 Å². The standard InChI is InChI=1S/C13H18F3NO3/c1-12(20,8-18)7-17-6-11(19)9-2-4-10(5-3-9)13(14,15)16/h2-5,11,17-20H,6-8H2,1H3. The summed E-state index contributed by atoms with van der Waals surface area (Å²) < 4.78 is 37.1. The molecule has 4 nitrogen and oxygen atoms in total. The number of nitrogens with one attached hydrogen (secondary N) is 1. The van der Waals surface area contributed by atoms with Crippen LogP contribution in [0, 0.1) is 0 Å². The Hall–Kier alpha value is -1.15. The van der Waals surface area contributed by atoms with Crippen LogP contribution in [-0.4, -0.2) is 40.6 Å². The van der Waals surface area contributed by atoms with Crippen molar-refractivity contribution in [3.05, 3.63) is 35.4 Å². The molecule has 0 heterocycles. The maximum atomic E-state index is 12.4. The highest BCUT2D eigenvalue weighted by Crippen LogP contribution is 2.29. The van der Waals surface area contributed by atoms with Crippen LogP contribution in [0.4, 0.5) is 13.2 Å². The van der Waals surface area contributed by atoms with Gasteiger partial charge in [-0.1, -0.05) is 12.1 Å². The lowest BCUT2D eigenvalue weighted by molar-refractivity contribution is -0.137. The van der Waals surface area contributed by atoms with E-state index in [4.69, 9.17) is 5.11 Å². The zero-order valence-corrected chi connectivity index (χ0v) is 11.0. The topological polar surface area (TPSA) is 72.7 Å². The second-order valence-corrected chi connectivity index (χ2v) is 4.92. The van der Waals surface area contributed by atoms with Crippen LogP contribution >= 0.6 is 0 Å². The Balaban J connectivity index is 2.54. The minimum absolute atomic E-state index is 0.0567. The Morgan fingerprint density at radius 1 is 1.20 bits per heavy atom. The Morgan fingerprint density at radius 2 is 1.75 bits per heavy atom. The molecule has 0 aliphatic rings. The van der Waals surface area contributed by atoms with Crippen LogP contribution in [0.25, 0.3) is 0 Å². The first-order valence-corrected chi connectivity index (χ1v) is 6.05. The maximum Gasteiger partial charge on any atom is 0.416 e. The maximum absolute atomic E-state index is 12.4. The van der Waals surface area contributed by atoms with Gasteiger partial charge in [0, 0.05) is 13.1 Å². The average molecular weight is 293 g/mol. The summed E-state index contributed by atoms with van der Waals surface area (Å²) in [6.07, 6.45) is -5.39. The number of alkyl halides is 3. The molecule has 2 atom stereocenters. The van der Waals surface area contributed by atoms with Gasteiger partial charge in [0.2, 0.25) is 0 Å². The van der Waals surface area contributed by atoms with E-state index in [1.807, 2.05) is 0 Å². The first-order chi connectivity index (χ1) is 9.15. The molecule has 1 aromatic rings. The van der Waals surface area contributed by atoms with Gasteiger partial charge in [0.25, 0.3) is 0 Å². The van der Waals surface area contributed by atoms with E-state index in [9.17, 15) is 23.4 Å². The van der Waals surface area contributed by atoms with Crippen LogP contribution in [-0.2, 0) is 6.18 Å². The predicted octanol–water partition coefficient (Wildman–Crippen LogP) is 1.07. The highest BCUT2D eigenvalue weighted by Gasteiger charge is 2.30. The van der Waals surface area contributed by atoms with Gasteiger partial charge in [0.15, 0.2) is 0 Å². The smallest absolute Gasteiger partial charge is 0.393 e. The van der Waals surface area contributed by atoms with Gasteiger partial charge in [-0.05, 0) is 24.6 Å². The summed E-state index contributed by atoms with van der Waals surface area (Å²) in [5.41, 5.74) is -1.74. The molecule has 7 heteroatoms. The first-order valence-electron chi connectivity index (χ1n) is 6.05. The highest BCUT2D eigenvalue weighted by molar-refractivity contribution is 5.26. The number of aliphatic hydroxyl groups excluding tert-OH is 2. The second kappa shape index (κ2) is 6.53. The van der Waals surface area contributed by atoms with E-state index in [-0.39, 0.29) is 13.1 Å². The van der Waals surface area contributed by atoms with Crippen molar-refractivity contribution in [2.45, 2.75) is 24.8 Å². The lowest BCUT2D eigenvalue weighted by Crippen LogP contribution is -2.42. The number of halogens is 3. The van der Waals surface area contributed by atoms with Gasteiger partial charge in [-0.15, -0.1) is 0 Å². The molecular formula is C13H18F3NO3. The Labute approximate surface area is 114 Å². The molecule has 20 heavy (non-hydrogen) atoms. The lowest BCUT2D eigenvalue weighted by atomic mass is 10.1. The molecule has 0 radical (unpaired) electrons. The summed E-state index contributed by atoms with van der Waals surface area (Å²) in [5, 5.41) is 30.9. The lowest BCUT2D eigenvalue weighted by Gasteiger charge is -2.22. The number of hydrogen-bond acceptors (Lipinski definition) is 4. The van der Waals surface area contributed by atoms with Crippen LogP contribution < -0.4 is 5.32 Å². The molecule has 0 bridgehead atoms. The largest absolute Gasteiger partial charge is 0.416 e. The van der Waals surface area contributed by atoms with Crippen molar-refractivity contribution in [3.8, 4) is 0 Å². The monoisotopic (exact) mass is 293 g/mol. The van der Waals surface area contributed by atoms with Crippen LogP contribution in [0.5, 0.6) is 0 Å². The van der Waals surface area contributed by atoms with E-state index >= 15 is 0 Å². The van der Waals surface area contributed by atoms with E-state index in [0.29, 0.717) is 5.56 Å². The molecule has 0 aliphatic carbocycles. The van der Waals surface area contributed by atoms with Crippen LogP contribution in [0.3, 0.4) is 0 Å². The first kappa shape index (κ1) is 16.9. The minimum atomic E-state index is -4.40. The summed E-state index contributed by atoms with van der Waals surface area (Å²) in [7, 11) is 0. The van der Waals surface area contributed by atoms with Gasteiger partial charge in [-0.25, -0.2) is 0 Å². The molecule has 0 fully saturated rings. The fourth-order valence-electron chi connectivity index (χ4n) is 1.55. The van der Waals surface area contributed by atoms with Crippen molar-refractivity contribution in [2.75, 3.05) is 19.7 Å². The Bertz CT molecular complexity index is 418. The molecule has 2 unspecified atom stereocenters. The number of benzene rings is 1. The SMILES string of the molecule is CC(O)(CO)CNCC(O)c1ccc(C(F)(F)F)cc1. The highest BCUT2D eigenvalue weighted by atomic mass is 19.4. The molecule has 4 N–H and O–H groups in total. The molecule has 0 aromatic heterocycles. The molecule has 0 saturated heterocycles. The molecular weight excluding hydrogens is 275 g/mol. The second-order valence-electron chi connectivity index (χ2n) is 4.92. The summed E-state index contributed by atoms with van der Waals surface area (Å²) in [6, 6.07) is 4.23. The quantitative estimate of drug-likeness (QED) is 0.633. The number of hydrogen-bond donors (Lipinski definition) is 4. The van der Waals surface area contributed by atoms with Crippen molar-refractivity contribution < 1.29 is 28.5 Å². The van der Waals surface area contributed by atoms with Gasteiger partial charge in [0.05, 0.1) is 23.9 Å². The summed E-state index contributed by atoms with van der Waals surface area (Å²) in [5.74, 6) is 0. The molecule has 0 amide bonds. The third-order valence-electron chi connectivity index (χ3n) is 2.81. The third-order valence-corrected chi connectivity index (χ3v) is 2.81. The predicted molar refractivity (Wildman–Crippen MR) is 67.0 cm³/mol. The molecule has 0 spiro atoms. The molecule has 0 aliphatic heterocycles. The van der Waals surface area contributed by atoms with E-state index in [0.717, 1.165) is 12.1 Å². The molecule has 0 saturated carbocycles. The fourth-order valence-corrected chi connectivity index (χ4v) is 1.55. The minimum Gasteiger partial charge on any atom is -0.393 e. The normalized spacial score (nSPS) is 16.8. The van der Waals surface area contributed by atoms with E-state index in [2.05, 4.69) is 5.32 Å². The van der Waals surface area contributed by atoms with Crippen LogP contribution in [0.1, 0.15) is 24.2 Å². The number of rotatable bonds is 6. The van der Waals surface area contributed by atoms with Crippen molar-refractivity contribution >= 4 is 0 Å². The average Bonchev–Trinajstić information content (AvgIpc) is 2.37. The van der Waals surface area contributed by atoms with Gasteiger partial charge in [-0.2, -0.15) is 13.2 Å². The zero-order valence-electron chi connectivity index (χ0n) is 11.0. The van der Waals surface area contributed by atoms with Crippen LogP contribution in [0.15, 0.2) is 24.3 Å². The van der Waals surface area contributed by atoms with E-state index in [1.54, 1.807) is 0 Å². The summed E-state index contributed by atoms with van der Waals surface area (Å²) in [6.45, 7) is 1.10. The zero-order chi connectivity index (χ0) is 15.4.